The molecule has 1 fully saturated rings. The second kappa shape index (κ2) is 7.24. The Balaban J connectivity index is 2.09. The minimum atomic E-state index is -0.127. The van der Waals surface area contributed by atoms with Gasteiger partial charge in [0.05, 0.1) is 26.2 Å². The molecule has 0 saturated carbocycles. The van der Waals surface area contributed by atoms with Crippen molar-refractivity contribution in [1.29, 1.82) is 0 Å². The van der Waals surface area contributed by atoms with Crippen LogP contribution in [0.2, 0.25) is 0 Å². The van der Waals surface area contributed by atoms with Crippen LogP contribution < -0.4 is 10.1 Å². The highest BCUT2D eigenvalue weighted by Crippen LogP contribution is 2.25. The highest BCUT2D eigenvalue weighted by molar-refractivity contribution is 9.10. The topological polar surface area (TPSA) is 50.8 Å². The molecule has 0 spiro atoms. The van der Waals surface area contributed by atoms with E-state index >= 15 is 0 Å². The van der Waals surface area contributed by atoms with Crippen LogP contribution >= 0.6 is 15.9 Å². The summed E-state index contributed by atoms with van der Waals surface area (Å²) in [4.78, 5) is 14.3. The van der Waals surface area contributed by atoms with Gasteiger partial charge in [0.25, 0.3) is 0 Å². The van der Waals surface area contributed by atoms with Gasteiger partial charge in [-0.3, -0.25) is 4.79 Å². The molecule has 1 N–H and O–H groups in total. The van der Waals surface area contributed by atoms with Gasteiger partial charge in [-0.2, -0.15) is 0 Å². The summed E-state index contributed by atoms with van der Waals surface area (Å²) in [6, 6.07) is 5.88. The van der Waals surface area contributed by atoms with Crippen molar-refractivity contribution in [2.75, 3.05) is 34.4 Å². The van der Waals surface area contributed by atoms with E-state index in [-0.39, 0.29) is 17.9 Å². The molecule has 6 heteroatoms. The first-order chi connectivity index (χ1) is 10.1. The van der Waals surface area contributed by atoms with Gasteiger partial charge in [0, 0.05) is 29.7 Å². The van der Waals surface area contributed by atoms with E-state index < -0.39 is 0 Å². The number of likely N-dealkylation sites (N-methyl/N-ethyl adjacent to an activating group) is 1. The molecule has 0 aromatic heterocycles. The monoisotopic (exact) mass is 356 g/mol. The second-order valence-corrected chi connectivity index (χ2v) is 6.11. The first kappa shape index (κ1) is 16.3. The number of halogens is 1. The fourth-order valence-electron chi connectivity index (χ4n) is 2.57. The van der Waals surface area contributed by atoms with Gasteiger partial charge >= 0.3 is 0 Å². The summed E-state index contributed by atoms with van der Waals surface area (Å²) >= 11 is 3.45. The molecule has 0 bridgehead atoms. The molecule has 2 atom stereocenters. The highest BCUT2D eigenvalue weighted by atomic mass is 79.9. The van der Waals surface area contributed by atoms with Crippen LogP contribution in [0.5, 0.6) is 5.75 Å². The zero-order chi connectivity index (χ0) is 15.4. The molecule has 21 heavy (non-hydrogen) atoms. The van der Waals surface area contributed by atoms with Crippen molar-refractivity contribution in [2.45, 2.75) is 12.6 Å². The Bertz CT molecular complexity index is 510. The van der Waals surface area contributed by atoms with Crippen molar-refractivity contribution in [3.8, 4) is 5.75 Å². The minimum Gasteiger partial charge on any atom is -0.496 e. The number of benzene rings is 1. The normalized spacial score (nSPS) is 21.3. The van der Waals surface area contributed by atoms with E-state index in [1.165, 1.54) is 0 Å². The predicted octanol–water partition coefficient (Wildman–Crippen LogP) is 1.65. The van der Waals surface area contributed by atoms with E-state index in [1.807, 2.05) is 32.3 Å². The minimum absolute atomic E-state index is 0.0874. The Morgan fingerprint density at radius 1 is 1.52 bits per heavy atom. The Morgan fingerprint density at radius 3 is 2.95 bits per heavy atom. The van der Waals surface area contributed by atoms with Gasteiger partial charge < -0.3 is 19.7 Å². The Morgan fingerprint density at radius 2 is 2.29 bits per heavy atom. The molecule has 1 heterocycles. The van der Waals surface area contributed by atoms with E-state index in [2.05, 4.69) is 21.2 Å². The lowest BCUT2D eigenvalue weighted by Gasteiger charge is -2.24. The molecule has 2 unspecified atom stereocenters. The van der Waals surface area contributed by atoms with Gasteiger partial charge in [-0.25, -0.2) is 0 Å². The van der Waals surface area contributed by atoms with Gasteiger partial charge in [-0.05, 0) is 25.2 Å². The highest BCUT2D eigenvalue weighted by Gasteiger charge is 2.34. The maximum Gasteiger partial charge on any atom is 0.229 e. The number of amides is 1. The molecule has 0 radical (unpaired) electrons. The molecular formula is C15H21BrN2O3. The molecule has 2 rings (SSSR count). The molecule has 1 aliphatic rings. The molecular weight excluding hydrogens is 336 g/mol. The SMILES string of the molecule is CNC1COCC1C(=O)N(C)Cc1cc(Br)ccc1OC. The Kier molecular flexibility index (Phi) is 5.61. The van der Waals surface area contributed by atoms with Crippen molar-refractivity contribution in [3.63, 3.8) is 0 Å². The van der Waals surface area contributed by atoms with E-state index in [4.69, 9.17) is 9.47 Å². The van der Waals surface area contributed by atoms with E-state index in [1.54, 1.807) is 12.0 Å². The number of methoxy groups -OCH3 is 1. The number of nitrogens with zero attached hydrogens (tertiary/aromatic N) is 1. The zero-order valence-electron chi connectivity index (χ0n) is 12.6. The molecule has 5 nitrogen and oxygen atoms in total. The van der Waals surface area contributed by atoms with Crippen molar-refractivity contribution in [1.82, 2.24) is 10.2 Å². The number of carbonyl (C=O) groups is 1. The third kappa shape index (κ3) is 3.75. The first-order valence-electron chi connectivity index (χ1n) is 6.89. The molecule has 1 saturated heterocycles. The molecule has 116 valence electrons. The summed E-state index contributed by atoms with van der Waals surface area (Å²) in [6.07, 6.45) is 0. The number of rotatable bonds is 5. The van der Waals surface area contributed by atoms with Crippen LogP contribution in [0.4, 0.5) is 0 Å². The summed E-state index contributed by atoms with van der Waals surface area (Å²) in [5.41, 5.74) is 0.975. The summed E-state index contributed by atoms with van der Waals surface area (Å²) in [7, 11) is 5.31. The van der Waals surface area contributed by atoms with Crippen LogP contribution in [0.1, 0.15) is 5.56 Å². The summed E-state index contributed by atoms with van der Waals surface area (Å²) in [5, 5.41) is 3.14. The van der Waals surface area contributed by atoms with Gasteiger partial charge in [0.1, 0.15) is 5.75 Å². The van der Waals surface area contributed by atoms with Crippen LogP contribution in [0.15, 0.2) is 22.7 Å². The lowest BCUT2D eigenvalue weighted by atomic mass is 10.0. The molecule has 1 aromatic carbocycles. The van der Waals surface area contributed by atoms with E-state index in [0.717, 1.165) is 15.8 Å². The Hall–Kier alpha value is -1.11. The largest absolute Gasteiger partial charge is 0.496 e. The fourth-order valence-corrected chi connectivity index (χ4v) is 2.98. The van der Waals surface area contributed by atoms with Crippen molar-refractivity contribution >= 4 is 21.8 Å². The quantitative estimate of drug-likeness (QED) is 0.871. The van der Waals surface area contributed by atoms with Gasteiger partial charge in [0.2, 0.25) is 5.91 Å². The maximum absolute atomic E-state index is 12.6. The average molecular weight is 357 g/mol. The Labute approximate surface area is 133 Å². The van der Waals surface area contributed by atoms with Crippen LogP contribution in [0.3, 0.4) is 0 Å². The van der Waals surface area contributed by atoms with Crippen molar-refractivity contribution in [2.24, 2.45) is 5.92 Å². The van der Waals surface area contributed by atoms with Crippen LogP contribution in [0.25, 0.3) is 0 Å². The van der Waals surface area contributed by atoms with Crippen molar-refractivity contribution in [3.05, 3.63) is 28.2 Å². The summed E-state index contributed by atoms with van der Waals surface area (Å²) in [6.45, 7) is 1.57. The van der Waals surface area contributed by atoms with Crippen molar-refractivity contribution < 1.29 is 14.3 Å². The lowest BCUT2D eigenvalue weighted by molar-refractivity contribution is -0.135. The average Bonchev–Trinajstić information content (AvgIpc) is 2.95. The van der Waals surface area contributed by atoms with Gasteiger partial charge in [0.15, 0.2) is 0 Å². The zero-order valence-corrected chi connectivity index (χ0v) is 14.1. The van der Waals surface area contributed by atoms with E-state index in [9.17, 15) is 4.79 Å². The van der Waals surface area contributed by atoms with Crippen LogP contribution in [0, 0.1) is 5.92 Å². The lowest BCUT2D eigenvalue weighted by Crippen LogP contribution is -2.43. The third-order valence-corrected chi connectivity index (χ3v) is 4.29. The molecule has 1 aliphatic heterocycles. The third-order valence-electron chi connectivity index (χ3n) is 3.79. The molecule has 1 aromatic rings. The van der Waals surface area contributed by atoms with Gasteiger partial charge in [-0.1, -0.05) is 15.9 Å². The number of hydrogen-bond acceptors (Lipinski definition) is 4. The number of ether oxygens (including phenoxy) is 2. The summed E-state index contributed by atoms with van der Waals surface area (Å²) < 4.78 is 11.7. The molecule has 1 amide bonds. The van der Waals surface area contributed by atoms with Gasteiger partial charge in [-0.15, -0.1) is 0 Å². The smallest absolute Gasteiger partial charge is 0.229 e. The number of carbonyl (C=O) groups excluding carboxylic acids is 1. The number of nitrogens with one attached hydrogen (secondary N) is 1. The predicted molar refractivity (Wildman–Crippen MR) is 84.3 cm³/mol. The second-order valence-electron chi connectivity index (χ2n) is 5.19. The fraction of sp³-hybridized carbons (Fsp3) is 0.533. The summed E-state index contributed by atoms with van der Waals surface area (Å²) in [5.74, 6) is 0.748. The standard InChI is InChI=1S/C15H21BrN2O3/c1-17-13-9-21-8-12(13)15(19)18(2)7-10-6-11(16)4-5-14(10)20-3/h4-6,12-13,17H,7-9H2,1-3H3. The van der Waals surface area contributed by atoms with E-state index in [0.29, 0.717) is 19.8 Å². The number of hydrogen-bond donors (Lipinski definition) is 1. The first-order valence-corrected chi connectivity index (χ1v) is 7.68. The van der Waals surface area contributed by atoms with Crippen LogP contribution in [-0.2, 0) is 16.1 Å². The maximum atomic E-state index is 12.6. The molecule has 0 aliphatic carbocycles. The van der Waals surface area contributed by atoms with Crippen LogP contribution in [-0.4, -0.2) is 51.3 Å².